The highest BCUT2D eigenvalue weighted by molar-refractivity contribution is 7.99. The predicted octanol–water partition coefficient (Wildman–Crippen LogP) is 5.61. The van der Waals surface area contributed by atoms with Crippen molar-refractivity contribution in [3.63, 3.8) is 0 Å². The van der Waals surface area contributed by atoms with E-state index in [9.17, 15) is 4.79 Å². The zero-order valence-electron chi connectivity index (χ0n) is 8.99. The summed E-state index contributed by atoms with van der Waals surface area (Å²) in [5.74, 6) is 0. The zero-order valence-corrected chi connectivity index (χ0v) is 12.1. The summed E-state index contributed by atoms with van der Waals surface area (Å²) in [6.07, 6.45) is 0.764. The molecule has 92 valence electrons. The van der Waals surface area contributed by atoms with Crippen LogP contribution in [0.3, 0.4) is 0 Å². The minimum atomic E-state index is 0.374. The van der Waals surface area contributed by atoms with Crippen molar-refractivity contribution in [3.8, 4) is 0 Å². The van der Waals surface area contributed by atoms with Gasteiger partial charge in [0.15, 0.2) is 6.29 Å². The molecule has 18 heavy (non-hydrogen) atoms. The summed E-state index contributed by atoms with van der Waals surface area (Å²) >= 11 is 19.1. The van der Waals surface area contributed by atoms with Crippen LogP contribution in [0.1, 0.15) is 10.4 Å². The summed E-state index contributed by atoms with van der Waals surface area (Å²) in [6.45, 7) is 0. The number of aldehydes is 1. The summed E-state index contributed by atoms with van der Waals surface area (Å²) < 4.78 is 0. The van der Waals surface area contributed by atoms with Crippen molar-refractivity contribution in [2.75, 3.05) is 0 Å². The van der Waals surface area contributed by atoms with Crippen LogP contribution in [0.2, 0.25) is 15.1 Å². The third-order valence-electron chi connectivity index (χ3n) is 2.22. The highest BCUT2D eigenvalue weighted by Crippen LogP contribution is 2.35. The van der Waals surface area contributed by atoms with Crippen LogP contribution in [0.5, 0.6) is 0 Å². The van der Waals surface area contributed by atoms with Crippen molar-refractivity contribution in [2.45, 2.75) is 9.79 Å². The van der Waals surface area contributed by atoms with E-state index >= 15 is 0 Å². The summed E-state index contributed by atoms with van der Waals surface area (Å²) in [7, 11) is 0. The average molecular weight is 318 g/mol. The van der Waals surface area contributed by atoms with E-state index in [0.717, 1.165) is 16.1 Å². The second kappa shape index (κ2) is 5.98. The Morgan fingerprint density at radius 1 is 0.944 bits per heavy atom. The van der Waals surface area contributed by atoms with Crippen LogP contribution in [0.4, 0.5) is 0 Å². The third-order valence-corrected chi connectivity index (χ3v) is 4.28. The fraction of sp³-hybridized carbons (Fsp3) is 0. The molecule has 0 fully saturated rings. The topological polar surface area (TPSA) is 17.1 Å². The molecule has 0 bridgehead atoms. The van der Waals surface area contributed by atoms with Crippen LogP contribution in [0.15, 0.2) is 46.2 Å². The van der Waals surface area contributed by atoms with Crippen LogP contribution in [-0.2, 0) is 0 Å². The standard InChI is InChI=1S/C13H7Cl3OS/c14-9-1-3-10(4-2-9)18-13-6-12(16)11(15)5-8(13)7-17/h1-7H. The van der Waals surface area contributed by atoms with Crippen LogP contribution >= 0.6 is 46.6 Å². The second-order valence-corrected chi connectivity index (χ2v) is 5.84. The van der Waals surface area contributed by atoms with Crippen molar-refractivity contribution >= 4 is 52.9 Å². The van der Waals surface area contributed by atoms with Gasteiger partial charge in [0.1, 0.15) is 0 Å². The van der Waals surface area contributed by atoms with Gasteiger partial charge in [-0.25, -0.2) is 0 Å². The number of hydrogen-bond acceptors (Lipinski definition) is 2. The first-order valence-corrected chi connectivity index (χ1v) is 6.93. The first-order valence-electron chi connectivity index (χ1n) is 4.98. The molecule has 0 aromatic heterocycles. The first kappa shape index (κ1) is 13.8. The van der Waals surface area contributed by atoms with E-state index in [1.807, 2.05) is 12.1 Å². The van der Waals surface area contributed by atoms with Gasteiger partial charge in [-0.15, -0.1) is 0 Å². The van der Waals surface area contributed by atoms with Crippen molar-refractivity contribution in [3.05, 3.63) is 57.0 Å². The SMILES string of the molecule is O=Cc1cc(Cl)c(Cl)cc1Sc1ccc(Cl)cc1. The Labute approximate surface area is 124 Å². The Morgan fingerprint density at radius 2 is 1.56 bits per heavy atom. The molecule has 2 aromatic rings. The van der Waals surface area contributed by atoms with Gasteiger partial charge in [-0.05, 0) is 36.4 Å². The number of carbonyl (C=O) groups is 1. The molecule has 0 unspecified atom stereocenters. The Morgan fingerprint density at radius 3 is 2.17 bits per heavy atom. The monoisotopic (exact) mass is 316 g/mol. The number of rotatable bonds is 3. The van der Waals surface area contributed by atoms with E-state index in [-0.39, 0.29) is 0 Å². The molecule has 2 rings (SSSR count). The fourth-order valence-electron chi connectivity index (χ4n) is 1.35. The van der Waals surface area contributed by atoms with E-state index in [1.165, 1.54) is 11.8 Å². The average Bonchev–Trinajstić information content (AvgIpc) is 2.36. The molecule has 0 saturated heterocycles. The highest BCUT2D eigenvalue weighted by Gasteiger charge is 2.08. The van der Waals surface area contributed by atoms with Crippen LogP contribution in [0.25, 0.3) is 0 Å². The van der Waals surface area contributed by atoms with Gasteiger partial charge in [0.25, 0.3) is 0 Å². The molecule has 0 radical (unpaired) electrons. The Balaban J connectivity index is 2.36. The zero-order chi connectivity index (χ0) is 13.1. The van der Waals surface area contributed by atoms with Crippen molar-refractivity contribution in [1.29, 1.82) is 0 Å². The van der Waals surface area contributed by atoms with E-state index in [2.05, 4.69) is 0 Å². The van der Waals surface area contributed by atoms with Gasteiger partial charge in [-0.2, -0.15) is 0 Å². The van der Waals surface area contributed by atoms with E-state index in [0.29, 0.717) is 20.6 Å². The summed E-state index contributed by atoms with van der Waals surface area (Å²) in [5, 5.41) is 1.47. The number of hydrogen-bond donors (Lipinski definition) is 0. The van der Waals surface area contributed by atoms with Gasteiger partial charge in [0.05, 0.1) is 10.0 Å². The fourth-order valence-corrected chi connectivity index (χ4v) is 2.81. The molecule has 0 aliphatic carbocycles. The summed E-state index contributed by atoms with van der Waals surface area (Å²) in [5.41, 5.74) is 0.518. The molecular weight excluding hydrogens is 311 g/mol. The lowest BCUT2D eigenvalue weighted by molar-refractivity contribution is 0.112. The summed E-state index contributed by atoms with van der Waals surface area (Å²) in [6, 6.07) is 10.6. The molecule has 0 spiro atoms. The van der Waals surface area contributed by atoms with Gasteiger partial charge in [-0.1, -0.05) is 46.6 Å². The maximum atomic E-state index is 11.0. The van der Waals surface area contributed by atoms with E-state index < -0.39 is 0 Å². The number of halogens is 3. The lowest BCUT2D eigenvalue weighted by atomic mass is 10.2. The predicted molar refractivity (Wildman–Crippen MR) is 77.4 cm³/mol. The molecule has 0 atom stereocenters. The molecule has 0 aliphatic heterocycles. The molecule has 0 heterocycles. The van der Waals surface area contributed by atoms with Gasteiger partial charge in [-0.3, -0.25) is 4.79 Å². The smallest absolute Gasteiger partial charge is 0.151 e. The quantitative estimate of drug-likeness (QED) is 0.684. The molecule has 2 aromatic carbocycles. The molecule has 1 nitrogen and oxygen atoms in total. The Kier molecular flexibility index (Phi) is 4.57. The molecule has 0 amide bonds. The minimum Gasteiger partial charge on any atom is -0.298 e. The van der Waals surface area contributed by atoms with Gasteiger partial charge >= 0.3 is 0 Å². The van der Waals surface area contributed by atoms with E-state index in [4.69, 9.17) is 34.8 Å². The lowest BCUT2D eigenvalue weighted by Gasteiger charge is -2.06. The highest BCUT2D eigenvalue weighted by atomic mass is 35.5. The maximum Gasteiger partial charge on any atom is 0.151 e. The van der Waals surface area contributed by atoms with Crippen LogP contribution in [0, 0.1) is 0 Å². The largest absolute Gasteiger partial charge is 0.298 e. The minimum absolute atomic E-state index is 0.374. The third kappa shape index (κ3) is 3.21. The Hall–Kier alpha value is -0.670. The first-order chi connectivity index (χ1) is 8.60. The van der Waals surface area contributed by atoms with Gasteiger partial charge < -0.3 is 0 Å². The van der Waals surface area contributed by atoms with Crippen molar-refractivity contribution < 1.29 is 4.79 Å². The van der Waals surface area contributed by atoms with E-state index in [1.54, 1.807) is 24.3 Å². The molecule has 0 saturated carbocycles. The second-order valence-electron chi connectivity index (χ2n) is 3.48. The molecule has 0 aliphatic rings. The number of benzene rings is 2. The lowest BCUT2D eigenvalue weighted by Crippen LogP contribution is -1.86. The van der Waals surface area contributed by atoms with Gasteiger partial charge in [0.2, 0.25) is 0 Å². The van der Waals surface area contributed by atoms with Crippen molar-refractivity contribution in [1.82, 2.24) is 0 Å². The molecule has 5 heteroatoms. The maximum absolute atomic E-state index is 11.0. The van der Waals surface area contributed by atoms with Crippen LogP contribution in [-0.4, -0.2) is 6.29 Å². The van der Waals surface area contributed by atoms with Gasteiger partial charge in [0, 0.05) is 20.4 Å². The summed E-state index contributed by atoms with van der Waals surface area (Å²) in [4.78, 5) is 12.7. The van der Waals surface area contributed by atoms with Crippen molar-refractivity contribution in [2.24, 2.45) is 0 Å². The Bertz CT molecular complexity index is 582. The molecule has 0 N–H and O–H groups in total. The van der Waals surface area contributed by atoms with Crippen LogP contribution < -0.4 is 0 Å². The normalized spacial score (nSPS) is 10.4. The number of carbonyl (C=O) groups excluding carboxylic acids is 1. The molecular formula is C13H7Cl3OS.